The van der Waals surface area contributed by atoms with Crippen molar-refractivity contribution in [1.82, 2.24) is 4.90 Å². The molecule has 3 nitrogen and oxygen atoms in total. The fourth-order valence-corrected chi connectivity index (χ4v) is 1.99. The molecule has 1 atom stereocenters. The van der Waals surface area contributed by atoms with E-state index in [0.717, 1.165) is 25.9 Å². The number of hydrogen-bond acceptors (Lipinski definition) is 2. The number of rotatable bonds is 3. The smallest absolute Gasteiger partial charge is 0.263 e. The van der Waals surface area contributed by atoms with Crippen LogP contribution in [0.4, 0.5) is 4.39 Å². The highest BCUT2D eigenvalue weighted by Crippen LogP contribution is 2.16. The number of nitrogens with zero attached hydrogens (tertiary/aromatic N) is 1. The van der Waals surface area contributed by atoms with Crippen molar-refractivity contribution in [3.05, 3.63) is 30.1 Å². The highest BCUT2D eigenvalue weighted by molar-refractivity contribution is 5.81. The van der Waals surface area contributed by atoms with E-state index in [1.165, 1.54) is 12.1 Å². The lowest BCUT2D eigenvalue weighted by Crippen LogP contribution is -2.38. The molecule has 0 aromatic heterocycles. The third-order valence-electron chi connectivity index (χ3n) is 2.87. The van der Waals surface area contributed by atoms with Crippen LogP contribution in [0.15, 0.2) is 24.3 Å². The maximum Gasteiger partial charge on any atom is 0.263 e. The Balaban J connectivity index is 1.96. The van der Waals surface area contributed by atoms with Crippen molar-refractivity contribution in [2.75, 3.05) is 13.1 Å². The van der Waals surface area contributed by atoms with Gasteiger partial charge in [0, 0.05) is 19.2 Å². The van der Waals surface area contributed by atoms with Gasteiger partial charge in [-0.3, -0.25) is 4.79 Å². The number of amides is 1. The van der Waals surface area contributed by atoms with Crippen LogP contribution in [0.5, 0.6) is 5.75 Å². The summed E-state index contributed by atoms with van der Waals surface area (Å²) in [5.41, 5.74) is 0. The van der Waals surface area contributed by atoms with Crippen LogP contribution in [-0.2, 0) is 4.79 Å². The van der Waals surface area contributed by atoms with Crippen molar-refractivity contribution in [2.45, 2.75) is 25.9 Å². The second-order valence-corrected chi connectivity index (χ2v) is 4.25. The number of benzene rings is 1. The van der Waals surface area contributed by atoms with Gasteiger partial charge in [0.1, 0.15) is 11.6 Å². The molecule has 0 radical (unpaired) electrons. The number of hydrogen-bond donors (Lipinski definition) is 0. The van der Waals surface area contributed by atoms with E-state index in [9.17, 15) is 9.18 Å². The van der Waals surface area contributed by atoms with Gasteiger partial charge in [-0.15, -0.1) is 0 Å². The Labute approximate surface area is 100 Å². The Morgan fingerprint density at radius 2 is 2.12 bits per heavy atom. The molecule has 2 rings (SSSR count). The first-order chi connectivity index (χ1) is 8.16. The van der Waals surface area contributed by atoms with Gasteiger partial charge in [-0.05, 0) is 31.9 Å². The molecule has 0 N–H and O–H groups in total. The predicted octanol–water partition coefficient (Wildman–Crippen LogP) is 2.22. The molecular weight excluding hydrogens is 221 g/mol. The lowest BCUT2D eigenvalue weighted by Gasteiger charge is -2.21. The molecule has 1 aliphatic rings. The van der Waals surface area contributed by atoms with Crippen molar-refractivity contribution in [2.24, 2.45) is 0 Å². The second kappa shape index (κ2) is 5.17. The van der Waals surface area contributed by atoms with Crippen molar-refractivity contribution in [1.29, 1.82) is 0 Å². The van der Waals surface area contributed by atoms with Crippen LogP contribution in [0.3, 0.4) is 0 Å². The summed E-state index contributed by atoms with van der Waals surface area (Å²) in [6, 6.07) is 5.85. The normalized spacial score (nSPS) is 16.9. The molecule has 4 heteroatoms. The van der Waals surface area contributed by atoms with Gasteiger partial charge in [-0.25, -0.2) is 4.39 Å². The van der Waals surface area contributed by atoms with E-state index in [1.54, 1.807) is 24.0 Å². The average molecular weight is 237 g/mol. The Morgan fingerprint density at radius 3 is 2.76 bits per heavy atom. The van der Waals surface area contributed by atoms with E-state index < -0.39 is 6.10 Å². The SMILES string of the molecule is CC(Oc1cccc(F)c1)C(=O)N1CCCC1. The van der Waals surface area contributed by atoms with Crippen molar-refractivity contribution >= 4 is 5.91 Å². The maximum atomic E-state index is 12.9. The summed E-state index contributed by atoms with van der Waals surface area (Å²) in [5.74, 6) is 0.0140. The average Bonchev–Trinajstić information content (AvgIpc) is 2.81. The topological polar surface area (TPSA) is 29.5 Å². The number of carbonyl (C=O) groups excluding carboxylic acids is 1. The quantitative estimate of drug-likeness (QED) is 0.806. The van der Waals surface area contributed by atoms with Crippen LogP contribution in [0.1, 0.15) is 19.8 Å². The minimum Gasteiger partial charge on any atom is -0.481 e. The third kappa shape index (κ3) is 2.96. The molecule has 0 aliphatic carbocycles. The highest BCUT2D eigenvalue weighted by Gasteiger charge is 2.24. The molecule has 1 aliphatic heterocycles. The third-order valence-corrected chi connectivity index (χ3v) is 2.87. The van der Waals surface area contributed by atoms with Crippen LogP contribution in [0.2, 0.25) is 0 Å². The number of carbonyl (C=O) groups is 1. The standard InChI is InChI=1S/C13H16FNO2/c1-10(13(16)15-7-2-3-8-15)17-12-6-4-5-11(14)9-12/h4-6,9-10H,2-3,7-8H2,1H3. The van der Waals surface area contributed by atoms with Crippen LogP contribution >= 0.6 is 0 Å². The summed E-state index contributed by atoms with van der Waals surface area (Å²) >= 11 is 0. The van der Waals surface area contributed by atoms with Gasteiger partial charge in [0.15, 0.2) is 6.10 Å². The molecule has 92 valence electrons. The zero-order valence-corrected chi connectivity index (χ0v) is 9.86. The van der Waals surface area contributed by atoms with Gasteiger partial charge in [0.05, 0.1) is 0 Å². The van der Waals surface area contributed by atoms with Gasteiger partial charge >= 0.3 is 0 Å². The molecule has 17 heavy (non-hydrogen) atoms. The monoisotopic (exact) mass is 237 g/mol. The molecule has 1 unspecified atom stereocenters. The van der Waals surface area contributed by atoms with Gasteiger partial charge in [0.25, 0.3) is 5.91 Å². The molecule has 0 saturated carbocycles. The second-order valence-electron chi connectivity index (χ2n) is 4.25. The number of halogens is 1. The first-order valence-corrected chi connectivity index (χ1v) is 5.88. The highest BCUT2D eigenvalue weighted by atomic mass is 19.1. The van der Waals surface area contributed by atoms with E-state index in [4.69, 9.17) is 4.74 Å². The summed E-state index contributed by atoms with van der Waals surface area (Å²) in [6.07, 6.45) is 1.55. The molecule has 1 fully saturated rings. The number of likely N-dealkylation sites (tertiary alicyclic amines) is 1. The number of ether oxygens (including phenoxy) is 1. The van der Waals surface area contributed by atoms with Gasteiger partial charge in [-0.1, -0.05) is 6.07 Å². The van der Waals surface area contributed by atoms with Gasteiger partial charge in [0.2, 0.25) is 0 Å². The van der Waals surface area contributed by atoms with E-state index in [2.05, 4.69) is 0 Å². The molecule has 0 spiro atoms. The molecule has 1 aromatic rings. The molecule has 1 heterocycles. The summed E-state index contributed by atoms with van der Waals surface area (Å²) in [4.78, 5) is 13.7. The van der Waals surface area contributed by atoms with E-state index in [-0.39, 0.29) is 11.7 Å². The minimum atomic E-state index is -0.560. The molecule has 1 saturated heterocycles. The van der Waals surface area contributed by atoms with Gasteiger partial charge in [-0.2, -0.15) is 0 Å². The van der Waals surface area contributed by atoms with Crippen LogP contribution in [-0.4, -0.2) is 30.0 Å². The zero-order valence-electron chi connectivity index (χ0n) is 9.86. The first kappa shape index (κ1) is 11.9. The lowest BCUT2D eigenvalue weighted by molar-refractivity contribution is -0.136. The maximum absolute atomic E-state index is 12.9. The Kier molecular flexibility index (Phi) is 3.61. The molecule has 0 bridgehead atoms. The van der Waals surface area contributed by atoms with Crippen molar-refractivity contribution in [3.63, 3.8) is 0 Å². The summed E-state index contributed by atoms with van der Waals surface area (Å²) in [7, 11) is 0. The Morgan fingerprint density at radius 1 is 1.41 bits per heavy atom. The van der Waals surface area contributed by atoms with Crippen LogP contribution in [0, 0.1) is 5.82 Å². The minimum absolute atomic E-state index is 0.0215. The van der Waals surface area contributed by atoms with E-state index in [0.29, 0.717) is 5.75 Å². The van der Waals surface area contributed by atoms with Crippen LogP contribution < -0.4 is 4.74 Å². The van der Waals surface area contributed by atoms with Crippen molar-refractivity contribution in [3.8, 4) is 5.75 Å². The van der Waals surface area contributed by atoms with Gasteiger partial charge < -0.3 is 9.64 Å². The predicted molar refractivity (Wildman–Crippen MR) is 62.3 cm³/mol. The lowest BCUT2D eigenvalue weighted by atomic mass is 10.3. The summed E-state index contributed by atoms with van der Waals surface area (Å²) < 4.78 is 18.4. The van der Waals surface area contributed by atoms with E-state index in [1.807, 2.05) is 0 Å². The fourth-order valence-electron chi connectivity index (χ4n) is 1.99. The largest absolute Gasteiger partial charge is 0.481 e. The fraction of sp³-hybridized carbons (Fsp3) is 0.462. The van der Waals surface area contributed by atoms with E-state index >= 15 is 0 Å². The molecule has 1 aromatic carbocycles. The Bertz CT molecular complexity index is 402. The van der Waals surface area contributed by atoms with Crippen molar-refractivity contribution < 1.29 is 13.9 Å². The van der Waals surface area contributed by atoms with Crippen LogP contribution in [0.25, 0.3) is 0 Å². The zero-order chi connectivity index (χ0) is 12.3. The summed E-state index contributed by atoms with van der Waals surface area (Å²) in [5, 5.41) is 0. The first-order valence-electron chi connectivity index (χ1n) is 5.88. The Hall–Kier alpha value is -1.58. The molecule has 1 amide bonds. The summed E-state index contributed by atoms with van der Waals surface area (Å²) in [6.45, 7) is 3.30. The molecular formula is C13H16FNO2.